The quantitative estimate of drug-likeness (QED) is 0.780. The number of methoxy groups -OCH3 is 1. The van der Waals surface area contributed by atoms with Crippen LogP contribution >= 0.6 is 0 Å². The summed E-state index contributed by atoms with van der Waals surface area (Å²) >= 11 is 0. The first-order valence-corrected chi connectivity index (χ1v) is 8.83. The molecule has 25 heavy (non-hydrogen) atoms. The molecule has 1 N–H and O–H groups in total. The maximum Gasteiger partial charge on any atom is 0.227 e. The highest BCUT2D eigenvalue weighted by atomic mass is 16.5. The molecule has 2 heterocycles. The zero-order valence-electron chi connectivity index (χ0n) is 14.9. The van der Waals surface area contributed by atoms with Crippen LogP contribution < -0.4 is 19.7 Å². The first kappa shape index (κ1) is 17.3. The van der Waals surface area contributed by atoms with Crippen molar-refractivity contribution in [3.63, 3.8) is 0 Å². The largest absolute Gasteiger partial charge is 0.497 e. The number of hydrogen-bond donors (Lipinski definition) is 1. The molecule has 1 saturated heterocycles. The van der Waals surface area contributed by atoms with E-state index in [0.717, 1.165) is 36.4 Å². The monoisotopic (exact) mass is 342 g/mol. The van der Waals surface area contributed by atoms with Gasteiger partial charge in [0.25, 0.3) is 0 Å². The highest BCUT2D eigenvalue weighted by Gasteiger charge is 2.18. The van der Waals surface area contributed by atoms with Crippen LogP contribution in [-0.2, 0) is 0 Å². The van der Waals surface area contributed by atoms with E-state index in [1.807, 2.05) is 36.5 Å². The van der Waals surface area contributed by atoms with Gasteiger partial charge in [-0.05, 0) is 49.1 Å². The Balaban J connectivity index is 1.47. The number of ether oxygens (including phenoxy) is 2. The lowest BCUT2D eigenvalue weighted by molar-refractivity contribution is 0.331. The Morgan fingerprint density at radius 2 is 2.00 bits per heavy atom. The van der Waals surface area contributed by atoms with Gasteiger partial charge in [-0.3, -0.25) is 0 Å². The Labute approximate surface area is 149 Å². The fourth-order valence-corrected chi connectivity index (χ4v) is 2.99. The molecule has 6 heteroatoms. The van der Waals surface area contributed by atoms with E-state index >= 15 is 0 Å². The van der Waals surface area contributed by atoms with Gasteiger partial charge in [0.15, 0.2) is 0 Å². The number of piperidine rings is 1. The van der Waals surface area contributed by atoms with Gasteiger partial charge in [0.1, 0.15) is 23.9 Å². The molecule has 1 aromatic carbocycles. The minimum Gasteiger partial charge on any atom is -0.497 e. The van der Waals surface area contributed by atoms with Crippen molar-refractivity contribution in [2.45, 2.75) is 19.8 Å². The predicted molar refractivity (Wildman–Crippen MR) is 99.6 cm³/mol. The number of nitrogens with one attached hydrogen (secondary N) is 1. The molecular formula is C19H26N4O2. The van der Waals surface area contributed by atoms with Crippen LogP contribution in [0.5, 0.6) is 11.5 Å². The number of benzene rings is 1. The van der Waals surface area contributed by atoms with E-state index in [0.29, 0.717) is 19.1 Å². The predicted octanol–water partition coefficient (Wildman–Crippen LogP) is 3.21. The minimum absolute atomic E-state index is 0.562. The van der Waals surface area contributed by atoms with Gasteiger partial charge in [-0.15, -0.1) is 0 Å². The SMILES string of the molecule is COc1ccc(OCCNc2ccnc(N3CCCC(C)C3)n2)cc1. The van der Waals surface area contributed by atoms with Crippen LogP contribution in [0.1, 0.15) is 19.8 Å². The molecule has 0 aliphatic carbocycles. The summed E-state index contributed by atoms with van der Waals surface area (Å²) in [5, 5.41) is 3.30. The normalized spacial score (nSPS) is 17.2. The first-order valence-electron chi connectivity index (χ1n) is 8.83. The van der Waals surface area contributed by atoms with Crippen molar-refractivity contribution >= 4 is 11.8 Å². The Kier molecular flexibility index (Phi) is 5.93. The molecular weight excluding hydrogens is 316 g/mol. The third-order valence-corrected chi connectivity index (χ3v) is 4.32. The molecule has 3 rings (SSSR count). The van der Waals surface area contributed by atoms with E-state index in [1.165, 1.54) is 12.8 Å². The molecule has 1 atom stereocenters. The standard InChI is InChI=1S/C19H26N4O2/c1-15-4-3-12-23(14-15)19-21-10-9-18(22-19)20-11-13-25-17-7-5-16(24-2)6-8-17/h5-10,15H,3-4,11-14H2,1-2H3,(H,20,21,22). The van der Waals surface area contributed by atoms with Crippen molar-refractivity contribution in [1.29, 1.82) is 0 Å². The van der Waals surface area contributed by atoms with Crippen LogP contribution in [0, 0.1) is 5.92 Å². The number of rotatable bonds is 7. The summed E-state index contributed by atoms with van der Waals surface area (Å²) in [6, 6.07) is 9.47. The molecule has 0 amide bonds. The smallest absolute Gasteiger partial charge is 0.227 e. The third kappa shape index (κ3) is 4.98. The van der Waals surface area contributed by atoms with Crippen molar-refractivity contribution in [3.05, 3.63) is 36.5 Å². The van der Waals surface area contributed by atoms with Crippen LogP contribution in [0.25, 0.3) is 0 Å². The van der Waals surface area contributed by atoms with Crippen LogP contribution in [0.15, 0.2) is 36.5 Å². The molecule has 1 aliphatic rings. The molecule has 1 fully saturated rings. The lowest BCUT2D eigenvalue weighted by Crippen LogP contribution is -2.35. The Morgan fingerprint density at radius 1 is 1.20 bits per heavy atom. The van der Waals surface area contributed by atoms with Crippen molar-refractivity contribution < 1.29 is 9.47 Å². The second-order valence-electron chi connectivity index (χ2n) is 6.39. The minimum atomic E-state index is 0.562. The Hall–Kier alpha value is -2.50. The summed E-state index contributed by atoms with van der Waals surface area (Å²) in [4.78, 5) is 11.3. The number of aromatic nitrogens is 2. The average molecular weight is 342 g/mol. The van der Waals surface area contributed by atoms with Crippen molar-refractivity contribution in [2.24, 2.45) is 5.92 Å². The maximum absolute atomic E-state index is 5.72. The second-order valence-corrected chi connectivity index (χ2v) is 6.39. The van der Waals surface area contributed by atoms with E-state index in [4.69, 9.17) is 9.47 Å². The van der Waals surface area contributed by atoms with E-state index in [-0.39, 0.29) is 0 Å². The molecule has 0 radical (unpaired) electrons. The van der Waals surface area contributed by atoms with Gasteiger partial charge in [0, 0.05) is 19.3 Å². The van der Waals surface area contributed by atoms with E-state index in [2.05, 4.69) is 27.1 Å². The fraction of sp³-hybridized carbons (Fsp3) is 0.474. The van der Waals surface area contributed by atoms with Crippen LogP contribution in [0.2, 0.25) is 0 Å². The maximum atomic E-state index is 5.72. The van der Waals surface area contributed by atoms with E-state index in [1.54, 1.807) is 7.11 Å². The first-order chi connectivity index (χ1) is 12.2. The lowest BCUT2D eigenvalue weighted by Gasteiger charge is -2.30. The molecule has 6 nitrogen and oxygen atoms in total. The van der Waals surface area contributed by atoms with E-state index in [9.17, 15) is 0 Å². The summed E-state index contributed by atoms with van der Waals surface area (Å²) in [6.07, 6.45) is 4.31. The molecule has 1 aromatic heterocycles. The molecule has 1 unspecified atom stereocenters. The summed E-state index contributed by atoms with van der Waals surface area (Å²) < 4.78 is 10.9. The summed E-state index contributed by atoms with van der Waals surface area (Å²) in [5.41, 5.74) is 0. The molecule has 2 aromatic rings. The summed E-state index contributed by atoms with van der Waals surface area (Å²) in [7, 11) is 1.65. The molecule has 0 spiro atoms. The second kappa shape index (κ2) is 8.55. The summed E-state index contributed by atoms with van der Waals surface area (Å²) in [6.45, 7) is 5.59. The zero-order valence-corrected chi connectivity index (χ0v) is 14.9. The van der Waals surface area contributed by atoms with Crippen LogP contribution in [0.4, 0.5) is 11.8 Å². The highest BCUT2D eigenvalue weighted by molar-refractivity contribution is 5.41. The lowest BCUT2D eigenvalue weighted by atomic mass is 10.0. The number of nitrogens with zero attached hydrogens (tertiary/aromatic N) is 3. The highest BCUT2D eigenvalue weighted by Crippen LogP contribution is 2.20. The van der Waals surface area contributed by atoms with Gasteiger partial charge in [0.2, 0.25) is 5.95 Å². The van der Waals surface area contributed by atoms with Crippen molar-refractivity contribution in [2.75, 3.05) is 43.6 Å². The summed E-state index contributed by atoms with van der Waals surface area (Å²) in [5.74, 6) is 4.00. The van der Waals surface area contributed by atoms with Gasteiger partial charge in [-0.25, -0.2) is 4.98 Å². The number of hydrogen-bond acceptors (Lipinski definition) is 6. The van der Waals surface area contributed by atoms with Crippen LogP contribution in [-0.4, -0.2) is 43.3 Å². The van der Waals surface area contributed by atoms with Gasteiger partial charge in [-0.2, -0.15) is 4.98 Å². The molecule has 134 valence electrons. The van der Waals surface area contributed by atoms with Crippen molar-refractivity contribution in [1.82, 2.24) is 9.97 Å². The molecule has 1 aliphatic heterocycles. The zero-order chi connectivity index (χ0) is 17.5. The molecule has 0 saturated carbocycles. The topological polar surface area (TPSA) is 59.5 Å². The van der Waals surface area contributed by atoms with Gasteiger partial charge in [0.05, 0.1) is 13.7 Å². The van der Waals surface area contributed by atoms with E-state index < -0.39 is 0 Å². The average Bonchev–Trinajstić information content (AvgIpc) is 2.66. The number of anilines is 2. The van der Waals surface area contributed by atoms with Crippen molar-refractivity contribution in [3.8, 4) is 11.5 Å². The van der Waals surface area contributed by atoms with Gasteiger partial charge < -0.3 is 19.7 Å². The van der Waals surface area contributed by atoms with Gasteiger partial charge in [-0.1, -0.05) is 6.92 Å². The Morgan fingerprint density at radius 3 is 2.76 bits per heavy atom. The Bertz CT molecular complexity index is 663. The fourth-order valence-electron chi connectivity index (χ4n) is 2.99. The molecule has 0 bridgehead atoms. The van der Waals surface area contributed by atoms with Crippen LogP contribution in [0.3, 0.4) is 0 Å². The third-order valence-electron chi connectivity index (χ3n) is 4.32. The van der Waals surface area contributed by atoms with Gasteiger partial charge >= 0.3 is 0 Å².